The summed E-state index contributed by atoms with van der Waals surface area (Å²) in [5.41, 5.74) is 0. The number of isocyanates is 1. The monoisotopic (exact) mass is 129 g/mol. The standard InChI is InChI=1S/C2H2NO.CH3O.CH3.Al/c1-3-2-4;1-2;;/h1H2;1H3;1H3;/q;-1;;+1. The van der Waals surface area contributed by atoms with Gasteiger partial charge in [-0.3, -0.25) is 0 Å². The largest absolute Gasteiger partial charge is 0.502 e. The number of carbonyl (C=O) groups excluding carboxylic acids is 1. The molecule has 0 aromatic rings. The molecule has 44 valence electrons. The van der Waals surface area contributed by atoms with Crippen LogP contribution in [0.2, 0.25) is 5.79 Å². The minimum absolute atomic E-state index is 0.542. The highest BCUT2D eigenvalue weighted by Crippen LogP contribution is 1.80. The fraction of sp³-hybridized carbons (Fsp3) is 0.750. The molecule has 3 nitrogen and oxygen atoms in total. The van der Waals surface area contributed by atoms with E-state index in [0.29, 0.717) is 5.41 Å². The number of hydrogen-bond acceptors (Lipinski definition) is 3. The van der Waals surface area contributed by atoms with Gasteiger partial charge in [0.15, 0.2) is 0 Å². The predicted octanol–water partition coefficient (Wildman–Crippen LogP) is 0.129. The third kappa shape index (κ3) is 4.04. The van der Waals surface area contributed by atoms with Crippen LogP contribution in [0.3, 0.4) is 0 Å². The first-order valence-electron chi connectivity index (χ1n) is 2.37. The molecule has 0 amide bonds. The first-order valence-corrected chi connectivity index (χ1v) is 4.82. The summed E-state index contributed by atoms with van der Waals surface area (Å²) in [4.78, 5) is 12.9. The van der Waals surface area contributed by atoms with Gasteiger partial charge in [-0.25, -0.2) is 9.79 Å². The smallest absolute Gasteiger partial charge is 0.481 e. The van der Waals surface area contributed by atoms with Crippen LogP contribution in [0.25, 0.3) is 0 Å². The maximum absolute atomic E-state index is 9.50. The zero-order valence-electron chi connectivity index (χ0n) is 5.05. The predicted molar refractivity (Wildman–Crippen MR) is 31.6 cm³/mol. The fourth-order valence-corrected chi connectivity index (χ4v) is 0.721. The van der Waals surface area contributed by atoms with E-state index in [1.807, 2.05) is 5.79 Å². The second-order valence-corrected chi connectivity index (χ2v) is 3.94. The Labute approximate surface area is 53.1 Å². The van der Waals surface area contributed by atoms with Crippen LogP contribution in [0.5, 0.6) is 0 Å². The van der Waals surface area contributed by atoms with E-state index >= 15 is 0 Å². The van der Waals surface area contributed by atoms with Crippen LogP contribution in [0.4, 0.5) is 0 Å². The highest BCUT2D eigenvalue weighted by Gasteiger charge is 2.08. The summed E-state index contributed by atoms with van der Waals surface area (Å²) in [7, 11) is 1.64. The zero-order chi connectivity index (χ0) is 6.41. The molecule has 0 saturated heterocycles. The van der Waals surface area contributed by atoms with E-state index < -0.39 is 14.5 Å². The molecule has 0 aliphatic rings. The molecule has 0 heterocycles. The van der Waals surface area contributed by atoms with Gasteiger partial charge in [0, 0.05) is 12.5 Å². The Balaban J connectivity index is 3.23. The molecule has 0 aliphatic carbocycles. The molecule has 0 rings (SSSR count). The Morgan fingerprint density at radius 3 is 2.88 bits per heavy atom. The van der Waals surface area contributed by atoms with Crippen molar-refractivity contribution in [3.8, 4) is 0 Å². The SMILES string of the molecule is C[O][Al]([CH3])[CH2]N=C=O. The van der Waals surface area contributed by atoms with Gasteiger partial charge in [0.05, 0.1) is 0 Å². The van der Waals surface area contributed by atoms with E-state index in [1.54, 1.807) is 7.11 Å². The number of hydrogen-bond donors (Lipinski definition) is 0. The van der Waals surface area contributed by atoms with Gasteiger partial charge < -0.3 is 3.79 Å². The Hall–Kier alpha value is -0.128. The molecule has 0 atom stereocenters. The van der Waals surface area contributed by atoms with E-state index in [9.17, 15) is 4.79 Å². The quantitative estimate of drug-likeness (QED) is 0.308. The summed E-state index contributed by atoms with van der Waals surface area (Å²) in [6.45, 7) is 0. The molecular formula is C4H8AlNO2. The van der Waals surface area contributed by atoms with Crippen LogP contribution in [0.1, 0.15) is 0 Å². The van der Waals surface area contributed by atoms with Gasteiger partial charge in [0.1, 0.15) is 0 Å². The van der Waals surface area contributed by atoms with Gasteiger partial charge in [-0.05, 0) is 0 Å². The van der Waals surface area contributed by atoms with Crippen molar-refractivity contribution in [2.24, 2.45) is 4.99 Å². The first kappa shape index (κ1) is 7.87. The maximum Gasteiger partial charge on any atom is 0.481 e. The van der Waals surface area contributed by atoms with Crippen LogP contribution in [-0.4, -0.2) is 33.1 Å². The van der Waals surface area contributed by atoms with Crippen LogP contribution < -0.4 is 0 Å². The molecular weight excluding hydrogens is 121 g/mol. The number of nitrogens with zero attached hydrogens (tertiary/aromatic N) is 1. The molecule has 0 saturated carbocycles. The lowest BCUT2D eigenvalue weighted by atomic mass is 11.4. The molecule has 8 heavy (non-hydrogen) atoms. The second kappa shape index (κ2) is 5.02. The van der Waals surface area contributed by atoms with Crippen molar-refractivity contribution in [3.05, 3.63) is 0 Å². The number of aliphatic imine (C=N–C) groups is 1. The molecule has 0 bridgehead atoms. The normalized spacial score (nSPS) is 7.75. The Bertz CT molecular complexity index is 100. The van der Waals surface area contributed by atoms with Gasteiger partial charge in [-0.1, -0.05) is 5.79 Å². The summed E-state index contributed by atoms with van der Waals surface area (Å²) in [6, 6.07) is 0. The van der Waals surface area contributed by atoms with Gasteiger partial charge in [-0.15, -0.1) is 0 Å². The maximum atomic E-state index is 9.50. The van der Waals surface area contributed by atoms with E-state index in [-0.39, 0.29) is 0 Å². The molecule has 0 radical (unpaired) electrons. The van der Waals surface area contributed by atoms with Gasteiger partial charge >= 0.3 is 14.5 Å². The molecule has 0 aromatic carbocycles. The van der Waals surface area contributed by atoms with E-state index in [1.165, 1.54) is 6.08 Å². The van der Waals surface area contributed by atoms with Crippen molar-refractivity contribution in [2.75, 3.05) is 12.5 Å². The van der Waals surface area contributed by atoms with E-state index in [4.69, 9.17) is 3.79 Å². The van der Waals surface area contributed by atoms with Gasteiger partial charge in [0.2, 0.25) is 6.08 Å². The molecule has 0 unspecified atom stereocenters. The third-order valence-electron chi connectivity index (χ3n) is 0.815. The average molecular weight is 129 g/mol. The van der Waals surface area contributed by atoms with Crippen molar-refractivity contribution < 1.29 is 8.58 Å². The molecule has 0 N–H and O–H groups in total. The summed E-state index contributed by atoms with van der Waals surface area (Å²) >= 11 is -1.13. The molecule has 0 aliphatic heterocycles. The zero-order valence-corrected chi connectivity index (χ0v) is 6.20. The van der Waals surface area contributed by atoms with Gasteiger partial charge in [-0.2, -0.15) is 0 Å². The van der Waals surface area contributed by atoms with Gasteiger partial charge in [0.25, 0.3) is 0 Å². The summed E-state index contributed by atoms with van der Waals surface area (Å²) in [6.07, 6.45) is 1.46. The van der Waals surface area contributed by atoms with Crippen LogP contribution >= 0.6 is 0 Å². The fourth-order valence-electron chi connectivity index (χ4n) is 0.240. The minimum atomic E-state index is -1.13. The lowest BCUT2D eigenvalue weighted by Crippen LogP contribution is -2.14. The van der Waals surface area contributed by atoms with Crippen molar-refractivity contribution in [1.29, 1.82) is 0 Å². The highest BCUT2D eigenvalue weighted by molar-refractivity contribution is 6.50. The first-order chi connectivity index (χ1) is 3.81. The minimum Gasteiger partial charge on any atom is -0.502 e. The van der Waals surface area contributed by atoms with Crippen LogP contribution in [0, 0.1) is 0 Å². The number of rotatable bonds is 3. The van der Waals surface area contributed by atoms with Crippen LogP contribution in [-0.2, 0) is 8.58 Å². The van der Waals surface area contributed by atoms with Crippen LogP contribution in [0.15, 0.2) is 4.99 Å². The summed E-state index contributed by atoms with van der Waals surface area (Å²) in [5.74, 6) is 1.97. The van der Waals surface area contributed by atoms with E-state index in [0.717, 1.165) is 0 Å². The molecule has 0 spiro atoms. The Kier molecular flexibility index (Phi) is 4.94. The molecule has 4 heteroatoms. The van der Waals surface area contributed by atoms with Crippen molar-refractivity contribution >= 4 is 20.6 Å². The highest BCUT2D eigenvalue weighted by atomic mass is 27.2. The Morgan fingerprint density at radius 2 is 2.50 bits per heavy atom. The summed E-state index contributed by atoms with van der Waals surface area (Å²) in [5, 5.41) is 0.542. The lowest BCUT2D eigenvalue weighted by molar-refractivity contribution is 0.425. The third-order valence-corrected chi connectivity index (χ3v) is 2.32. The Morgan fingerprint density at radius 1 is 1.88 bits per heavy atom. The molecule has 0 fully saturated rings. The van der Waals surface area contributed by atoms with Crippen molar-refractivity contribution in [1.82, 2.24) is 0 Å². The summed E-state index contributed by atoms with van der Waals surface area (Å²) < 4.78 is 4.92. The van der Waals surface area contributed by atoms with Crippen molar-refractivity contribution in [3.63, 3.8) is 0 Å². The molecule has 0 aromatic heterocycles. The van der Waals surface area contributed by atoms with Crippen molar-refractivity contribution in [2.45, 2.75) is 5.79 Å². The topological polar surface area (TPSA) is 38.7 Å². The lowest BCUT2D eigenvalue weighted by Gasteiger charge is -1.93. The second-order valence-electron chi connectivity index (χ2n) is 1.48. The van der Waals surface area contributed by atoms with E-state index in [2.05, 4.69) is 4.99 Å². The average Bonchev–Trinajstić information content (AvgIpc) is 1.83.